The summed E-state index contributed by atoms with van der Waals surface area (Å²) in [6.07, 6.45) is 2.69. The van der Waals surface area contributed by atoms with Crippen molar-refractivity contribution in [3.05, 3.63) is 21.9 Å². The predicted molar refractivity (Wildman–Crippen MR) is 53.5 cm³/mol. The van der Waals surface area contributed by atoms with Crippen molar-refractivity contribution in [3.8, 4) is 0 Å². The molecule has 66 valence electrons. The Hall–Kier alpha value is -0.340. The molecule has 0 radical (unpaired) electrons. The first-order chi connectivity index (χ1) is 5.70. The van der Waals surface area contributed by atoms with Gasteiger partial charge in [0.2, 0.25) is 0 Å². The molecule has 0 unspecified atom stereocenters. The Kier molecular flexibility index (Phi) is 1.97. The molecule has 1 saturated carbocycles. The largest absolute Gasteiger partial charge is 0.307 e. The van der Waals surface area contributed by atoms with Gasteiger partial charge in [-0.05, 0) is 43.7 Å². The number of hydrogen-bond acceptors (Lipinski definition) is 2. The van der Waals surface area contributed by atoms with Gasteiger partial charge in [-0.2, -0.15) is 0 Å². The van der Waals surface area contributed by atoms with Crippen molar-refractivity contribution in [1.82, 2.24) is 5.32 Å². The van der Waals surface area contributed by atoms with Crippen molar-refractivity contribution in [3.63, 3.8) is 0 Å². The highest BCUT2D eigenvalue weighted by Gasteiger charge is 2.36. The number of rotatable bonds is 3. The summed E-state index contributed by atoms with van der Waals surface area (Å²) in [6, 6.07) is 2.19. The molecule has 0 bridgehead atoms. The third kappa shape index (κ3) is 1.70. The van der Waals surface area contributed by atoms with Gasteiger partial charge in [0.25, 0.3) is 0 Å². The fourth-order valence-corrected chi connectivity index (χ4v) is 2.09. The Labute approximate surface area is 77.8 Å². The third-order valence-corrected chi connectivity index (χ3v) is 3.67. The van der Waals surface area contributed by atoms with E-state index >= 15 is 0 Å². The van der Waals surface area contributed by atoms with Crippen LogP contribution in [0.1, 0.15) is 30.2 Å². The van der Waals surface area contributed by atoms with E-state index in [0.29, 0.717) is 5.54 Å². The lowest BCUT2D eigenvalue weighted by Crippen LogP contribution is -2.26. The average molecular weight is 181 g/mol. The first-order valence-electron chi connectivity index (χ1n) is 4.48. The van der Waals surface area contributed by atoms with Crippen LogP contribution in [0, 0.1) is 6.92 Å². The second-order valence-electron chi connectivity index (χ2n) is 3.94. The average Bonchev–Trinajstić information content (AvgIpc) is 2.61. The van der Waals surface area contributed by atoms with Gasteiger partial charge in [-0.15, -0.1) is 11.3 Å². The summed E-state index contributed by atoms with van der Waals surface area (Å²) in [7, 11) is 0. The van der Waals surface area contributed by atoms with E-state index in [1.165, 1.54) is 23.3 Å². The van der Waals surface area contributed by atoms with Gasteiger partial charge in [0, 0.05) is 17.0 Å². The van der Waals surface area contributed by atoms with Crippen molar-refractivity contribution in [2.24, 2.45) is 0 Å². The van der Waals surface area contributed by atoms with Crippen LogP contribution in [-0.4, -0.2) is 5.54 Å². The van der Waals surface area contributed by atoms with Gasteiger partial charge in [-0.25, -0.2) is 0 Å². The number of thiophene rings is 1. The molecule has 0 saturated heterocycles. The van der Waals surface area contributed by atoms with Gasteiger partial charge in [-0.3, -0.25) is 0 Å². The van der Waals surface area contributed by atoms with Gasteiger partial charge in [0.05, 0.1) is 0 Å². The maximum atomic E-state index is 3.59. The lowest BCUT2D eigenvalue weighted by Gasteiger charge is -2.10. The summed E-state index contributed by atoms with van der Waals surface area (Å²) in [5, 5.41) is 5.75. The van der Waals surface area contributed by atoms with Crippen LogP contribution in [0.15, 0.2) is 11.4 Å². The molecule has 1 fully saturated rings. The van der Waals surface area contributed by atoms with E-state index < -0.39 is 0 Å². The minimum Gasteiger partial charge on any atom is -0.307 e. The smallest absolute Gasteiger partial charge is 0.0307 e. The molecule has 0 aliphatic heterocycles. The normalized spacial score (nSPS) is 19.5. The van der Waals surface area contributed by atoms with Gasteiger partial charge in [0.1, 0.15) is 0 Å². The van der Waals surface area contributed by atoms with Crippen LogP contribution >= 0.6 is 11.3 Å². The molecule has 12 heavy (non-hydrogen) atoms. The summed E-state index contributed by atoms with van der Waals surface area (Å²) in [5.41, 5.74) is 1.90. The van der Waals surface area contributed by atoms with Crippen LogP contribution in [0.5, 0.6) is 0 Å². The van der Waals surface area contributed by atoms with E-state index in [1.807, 2.05) is 11.3 Å². The van der Waals surface area contributed by atoms with Gasteiger partial charge in [0.15, 0.2) is 0 Å². The van der Waals surface area contributed by atoms with E-state index in [0.717, 1.165) is 6.54 Å². The Balaban J connectivity index is 1.91. The monoisotopic (exact) mass is 181 g/mol. The lowest BCUT2D eigenvalue weighted by atomic mass is 10.2. The summed E-state index contributed by atoms with van der Waals surface area (Å²) >= 11 is 1.86. The standard InChI is InChI=1S/C10H15NS/c1-8-3-6-12-9(8)7-11-10(2)4-5-10/h3,6,11H,4-5,7H2,1-2H3. The van der Waals surface area contributed by atoms with E-state index in [-0.39, 0.29) is 0 Å². The SMILES string of the molecule is Cc1ccsc1CNC1(C)CC1. The molecule has 2 rings (SSSR count). The zero-order valence-corrected chi connectivity index (χ0v) is 8.50. The van der Waals surface area contributed by atoms with Crippen molar-refractivity contribution >= 4 is 11.3 Å². The molecule has 1 aromatic heterocycles. The number of nitrogens with one attached hydrogen (secondary N) is 1. The summed E-state index contributed by atoms with van der Waals surface area (Å²) in [5.74, 6) is 0. The van der Waals surface area contributed by atoms with Gasteiger partial charge in [-0.1, -0.05) is 0 Å². The quantitative estimate of drug-likeness (QED) is 0.756. The Morgan fingerprint density at radius 3 is 2.83 bits per heavy atom. The summed E-state index contributed by atoms with van der Waals surface area (Å²) in [6.45, 7) is 5.54. The zero-order valence-electron chi connectivity index (χ0n) is 7.68. The molecule has 1 nitrogen and oxygen atoms in total. The Morgan fingerprint density at radius 1 is 1.58 bits per heavy atom. The minimum absolute atomic E-state index is 0.469. The van der Waals surface area contributed by atoms with Crippen LogP contribution in [-0.2, 0) is 6.54 Å². The zero-order chi connectivity index (χ0) is 8.60. The third-order valence-electron chi connectivity index (χ3n) is 2.64. The Bertz CT molecular complexity index is 273. The van der Waals surface area contributed by atoms with E-state index in [4.69, 9.17) is 0 Å². The van der Waals surface area contributed by atoms with E-state index in [9.17, 15) is 0 Å². The highest BCUT2D eigenvalue weighted by molar-refractivity contribution is 7.10. The van der Waals surface area contributed by atoms with E-state index in [2.05, 4.69) is 30.6 Å². The van der Waals surface area contributed by atoms with Crippen LogP contribution in [0.25, 0.3) is 0 Å². The van der Waals surface area contributed by atoms with Crippen LogP contribution in [0.2, 0.25) is 0 Å². The molecule has 1 aliphatic rings. The predicted octanol–water partition coefficient (Wildman–Crippen LogP) is 2.70. The molecule has 1 aliphatic carbocycles. The number of aryl methyl sites for hydroxylation is 1. The molecule has 1 N–H and O–H groups in total. The molecule has 0 spiro atoms. The first kappa shape index (κ1) is 8.27. The first-order valence-corrected chi connectivity index (χ1v) is 5.36. The van der Waals surface area contributed by atoms with Gasteiger partial charge >= 0.3 is 0 Å². The van der Waals surface area contributed by atoms with Crippen molar-refractivity contribution in [1.29, 1.82) is 0 Å². The van der Waals surface area contributed by atoms with Crippen molar-refractivity contribution in [2.45, 2.75) is 38.8 Å². The molecule has 2 heteroatoms. The molecular weight excluding hydrogens is 166 g/mol. The lowest BCUT2D eigenvalue weighted by molar-refractivity contribution is 0.540. The summed E-state index contributed by atoms with van der Waals surface area (Å²) < 4.78 is 0. The fourth-order valence-electron chi connectivity index (χ4n) is 1.24. The molecule has 0 aromatic carbocycles. The molecule has 0 atom stereocenters. The van der Waals surface area contributed by atoms with Crippen molar-refractivity contribution < 1.29 is 0 Å². The molecule has 0 amide bonds. The maximum Gasteiger partial charge on any atom is 0.0307 e. The van der Waals surface area contributed by atoms with Crippen LogP contribution in [0.4, 0.5) is 0 Å². The molecule has 1 heterocycles. The fraction of sp³-hybridized carbons (Fsp3) is 0.600. The van der Waals surface area contributed by atoms with Crippen molar-refractivity contribution in [2.75, 3.05) is 0 Å². The topological polar surface area (TPSA) is 12.0 Å². The van der Waals surface area contributed by atoms with E-state index in [1.54, 1.807) is 0 Å². The highest BCUT2D eigenvalue weighted by Crippen LogP contribution is 2.34. The maximum absolute atomic E-state index is 3.59. The molecular formula is C10H15NS. The van der Waals surface area contributed by atoms with Crippen LogP contribution < -0.4 is 5.32 Å². The molecule has 1 aromatic rings. The second-order valence-corrected chi connectivity index (χ2v) is 4.94. The van der Waals surface area contributed by atoms with Crippen LogP contribution in [0.3, 0.4) is 0 Å². The second kappa shape index (κ2) is 2.86. The summed E-state index contributed by atoms with van der Waals surface area (Å²) in [4.78, 5) is 1.49. The van der Waals surface area contributed by atoms with Gasteiger partial charge < -0.3 is 5.32 Å². The Morgan fingerprint density at radius 2 is 2.33 bits per heavy atom. The number of hydrogen-bond donors (Lipinski definition) is 1. The highest BCUT2D eigenvalue weighted by atomic mass is 32.1. The minimum atomic E-state index is 0.469.